The Morgan fingerprint density at radius 2 is 2.00 bits per heavy atom. The fraction of sp³-hybridized carbons (Fsp3) is 1.00. The third-order valence-electron chi connectivity index (χ3n) is 3.89. The first-order valence-electron chi connectivity index (χ1n) is 6.85. The molecule has 3 nitrogen and oxygen atoms in total. The molecule has 2 rings (SSSR count). The molecule has 1 heterocycles. The van der Waals surface area contributed by atoms with Crippen LogP contribution in [0.4, 0.5) is 0 Å². The Balaban J connectivity index is 1.63. The van der Waals surface area contributed by atoms with E-state index in [-0.39, 0.29) is 6.10 Å². The second kappa shape index (κ2) is 5.99. The summed E-state index contributed by atoms with van der Waals surface area (Å²) >= 11 is 0. The van der Waals surface area contributed by atoms with Crippen LogP contribution in [0, 0.1) is 0 Å². The summed E-state index contributed by atoms with van der Waals surface area (Å²) in [4.78, 5) is 2.40. The van der Waals surface area contributed by atoms with Crippen molar-refractivity contribution in [3.63, 3.8) is 0 Å². The van der Waals surface area contributed by atoms with Gasteiger partial charge >= 0.3 is 0 Å². The van der Waals surface area contributed by atoms with Crippen LogP contribution in [-0.2, 0) is 4.74 Å². The molecule has 0 unspecified atom stereocenters. The van der Waals surface area contributed by atoms with Crippen LogP contribution < -0.4 is 0 Å². The Labute approximate surface area is 98.8 Å². The first-order chi connectivity index (χ1) is 7.81. The van der Waals surface area contributed by atoms with Crippen molar-refractivity contribution in [2.45, 2.75) is 63.7 Å². The van der Waals surface area contributed by atoms with E-state index in [9.17, 15) is 5.11 Å². The normalized spacial score (nSPS) is 32.6. The number of hydrogen-bond donors (Lipinski definition) is 1. The minimum absolute atomic E-state index is 0.0923. The summed E-state index contributed by atoms with van der Waals surface area (Å²) in [6.45, 7) is 5.16. The van der Waals surface area contributed by atoms with Crippen LogP contribution in [0.2, 0.25) is 0 Å². The van der Waals surface area contributed by atoms with E-state index in [4.69, 9.17) is 4.74 Å². The minimum Gasteiger partial charge on any atom is -0.391 e. The zero-order chi connectivity index (χ0) is 11.4. The lowest BCUT2D eigenvalue weighted by atomic mass is 9.89. The lowest BCUT2D eigenvalue weighted by Crippen LogP contribution is -2.60. The van der Waals surface area contributed by atoms with Gasteiger partial charge in [-0.2, -0.15) is 0 Å². The van der Waals surface area contributed by atoms with Gasteiger partial charge in [-0.25, -0.2) is 0 Å². The topological polar surface area (TPSA) is 32.7 Å². The molecule has 2 aliphatic rings. The first-order valence-corrected chi connectivity index (χ1v) is 6.85. The summed E-state index contributed by atoms with van der Waals surface area (Å²) in [6, 6.07) is 0.416. The van der Waals surface area contributed by atoms with Crippen molar-refractivity contribution in [3.8, 4) is 0 Å². The zero-order valence-electron chi connectivity index (χ0n) is 10.4. The molecule has 0 aromatic rings. The number of aliphatic hydroxyl groups is 1. The number of hydrogen-bond acceptors (Lipinski definition) is 3. The van der Waals surface area contributed by atoms with Gasteiger partial charge in [0, 0.05) is 25.7 Å². The number of unbranched alkanes of at least 4 members (excludes halogenated alkanes) is 1. The van der Waals surface area contributed by atoms with E-state index in [0.717, 1.165) is 26.1 Å². The van der Waals surface area contributed by atoms with Crippen LogP contribution in [0.1, 0.15) is 45.4 Å². The Hall–Kier alpha value is -0.120. The summed E-state index contributed by atoms with van der Waals surface area (Å²) in [5.74, 6) is 0. The van der Waals surface area contributed by atoms with Gasteiger partial charge in [0.05, 0.1) is 12.2 Å². The Morgan fingerprint density at radius 1 is 1.25 bits per heavy atom. The monoisotopic (exact) mass is 227 g/mol. The molecule has 1 N–H and O–H groups in total. The van der Waals surface area contributed by atoms with Gasteiger partial charge in [-0.15, -0.1) is 0 Å². The van der Waals surface area contributed by atoms with Gasteiger partial charge in [0.15, 0.2) is 0 Å². The van der Waals surface area contributed by atoms with Gasteiger partial charge in [-0.1, -0.05) is 26.2 Å². The molecule has 1 aliphatic heterocycles. The fourth-order valence-corrected chi connectivity index (χ4v) is 2.76. The third-order valence-corrected chi connectivity index (χ3v) is 3.89. The number of rotatable bonds is 5. The average molecular weight is 227 g/mol. The molecule has 0 radical (unpaired) electrons. The lowest BCUT2D eigenvalue weighted by molar-refractivity contribution is -0.101. The van der Waals surface area contributed by atoms with E-state index < -0.39 is 0 Å². The SMILES string of the molecule is CCCCOC1CN([C@H]2CCCC[C@@H]2O)C1. The summed E-state index contributed by atoms with van der Waals surface area (Å²) in [5, 5.41) is 9.92. The maximum Gasteiger partial charge on any atom is 0.0828 e. The van der Waals surface area contributed by atoms with E-state index >= 15 is 0 Å². The number of ether oxygens (including phenoxy) is 1. The summed E-state index contributed by atoms with van der Waals surface area (Å²) in [6.07, 6.45) is 7.35. The van der Waals surface area contributed by atoms with Crippen molar-refractivity contribution in [3.05, 3.63) is 0 Å². The number of nitrogens with zero attached hydrogens (tertiary/aromatic N) is 1. The Kier molecular flexibility index (Phi) is 4.62. The average Bonchev–Trinajstić information content (AvgIpc) is 2.23. The highest BCUT2D eigenvalue weighted by Crippen LogP contribution is 2.27. The summed E-state index contributed by atoms with van der Waals surface area (Å²) in [7, 11) is 0. The van der Waals surface area contributed by atoms with Crippen LogP contribution in [-0.4, -0.2) is 48.0 Å². The smallest absolute Gasteiger partial charge is 0.0828 e. The maximum atomic E-state index is 9.92. The Morgan fingerprint density at radius 3 is 2.69 bits per heavy atom. The molecule has 0 spiro atoms. The second-order valence-electron chi connectivity index (χ2n) is 5.22. The number of aliphatic hydroxyl groups excluding tert-OH is 1. The molecular formula is C13H25NO2. The Bertz CT molecular complexity index is 204. The molecule has 0 aromatic carbocycles. The second-order valence-corrected chi connectivity index (χ2v) is 5.22. The van der Waals surface area contributed by atoms with E-state index in [0.29, 0.717) is 12.1 Å². The molecule has 2 fully saturated rings. The molecule has 0 amide bonds. The van der Waals surface area contributed by atoms with Crippen molar-refractivity contribution in [2.24, 2.45) is 0 Å². The van der Waals surface area contributed by atoms with E-state index in [1.807, 2.05) is 0 Å². The van der Waals surface area contributed by atoms with Crippen LogP contribution in [0.5, 0.6) is 0 Å². The third kappa shape index (κ3) is 2.96. The van der Waals surface area contributed by atoms with Crippen molar-refractivity contribution in [1.82, 2.24) is 4.90 Å². The molecule has 3 heteroatoms. The fourth-order valence-electron chi connectivity index (χ4n) is 2.76. The summed E-state index contributed by atoms with van der Waals surface area (Å²) < 4.78 is 5.75. The highest BCUT2D eigenvalue weighted by molar-refractivity contribution is 4.91. The molecule has 1 saturated carbocycles. The molecule has 16 heavy (non-hydrogen) atoms. The van der Waals surface area contributed by atoms with Crippen molar-refractivity contribution < 1.29 is 9.84 Å². The van der Waals surface area contributed by atoms with Gasteiger partial charge in [-0.3, -0.25) is 4.90 Å². The molecule has 1 saturated heterocycles. The van der Waals surface area contributed by atoms with Gasteiger partial charge < -0.3 is 9.84 Å². The lowest BCUT2D eigenvalue weighted by Gasteiger charge is -2.47. The van der Waals surface area contributed by atoms with E-state index in [1.165, 1.54) is 32.1 Å². The largest absolute Gasteiger partial charge is 0.391 e. The zero-order valence-corrected chi connectivity index (χ0v) is 10.4. The summed E-state index contributed by atoms with van der Waals surface area (Å²) in [5.41, 5.74) is 0. The number of likely N-dealkylation sites (tertiary alicyclic amines) is 1. The maximum absolute atomic E-state index is 9.92. The van der Waals surface area contributed by atoms with E-state index in [1.54, 1.807) is 0 Å². The van der Waals surface area contributed by atoms with Gasteiger partial charge in [0.25, 0.3) is 0 Å². The van der Waals surface area contributed by atoms with Crippen molar-refractivity contribution >= 4 is 0 Å². The van der Waals surface area contributed by atoms with Crippen LogP contribution >= 0.6 is 0 Å². The van der Waals surface area contributed by atoms with Crippen LogP contribution in [0.3, 0.4) is 0 Å². The molecule has 0 aromatic heterocycles. The van der Waals surface area contributed by atoms with Crippen LogP contribution in [0.25, 0.3) is 0 Å². The van der Waals surface area contributed by atoms with E-state index in [2.05, 4.69) is 11.8 Å². The van der Waals surface area contributed by atoms with Crippen molar-refractivity contribution in [1.29, 1.82) is 0 Å². The highest BCUT2D eigenvalue weighted by Gasteiger charge is 2.37. The molecule has 94 valence electrons. The van der Waals surface area contributed by atoms with Gasteiger partial charge in [0.1, 0.15) is 0 Å². The predicted octanol–water partition coefficient (Wildman–Crippen LogP) is 1.79. The highest BCUT2D eigenvalue weighted by atomic mass is 16.5. The van der Waals surface area contributed by atoms with Crippen LogP contribution in [0.15, 0.2) is 0 Å². The molecule has 0 bridgehead atoms. The van der Waals surface area contributed by atoms with Crippen molar-refractivity contribution in [2.75, 3.05) is 19.7 Å². The predicted molar refractivity (Wildman–Crippen MR) is 64.5 cm³/mol. The minimum atomic E-state index is -0.0923. The molecule has 2 atom stereocenters. The van der Waals surface area contributed by atoms with Gasteiger partial charge in [-0.05, 0) is 19.3 Å². The standard InChI is InChI=1S/C13H25NO2/c1-2-3-8-16-11-9-14(10-11)12-6-4-5-7-13(12)15/h11-13,15H,2-10H2,1H3/t12-,13-/m0/s1. The van der Waals surface area contributed by atoms with Gasteiger partial charge in [0.2, 0.25) is 0 Å². The molecule has 1 aliphatic carbocycles. The molecular weight excluding hydrogens is 202 g/mol. The quantitative estimate of drug-likeness (QED) is 0.727. The first kappa shape index (κ1) is 12.3.